The maximum absolute atomic E-state index is 11.2. The minimum absolute atomic E-state index is 0.0519. The Morgan fingerprint density at radius 3 is 2.60 bits per heavy atom. The Kier molecular flexibility index (Phi) is 3.26. The van der Waals surface area contributed by atoms with Crippen molar-refractivity contribution in [1.82, 2.24) is 0 Å². The lowest BCUT2D eigenvalue weighted by Gasteiger charge is -2.05. The Morgan fingerprint density at radius 2 is 2.13 bits per heavy atom. The summed E-state index contributed by atoms with van der Waals surface area (Å²) in [6.07, 6.45) is 0. The molecule has 0 saturated carbocycles. The molecule has 0 amide bonds. The third kappa shape index (κ3) is 2.07. The van der Waals surface area contributed by atoms with Crippen LogP contribution in [0.4, 0.5) is 5.69 Å². The highest BCUT2D eigenvalue weighted by atomic mass is 35.5. The summed E-state index contributed by atoms with van der Waals surface area (Å²) in [7, 11) is 1.22. The van der Waals surface area contributed by atoms with E-state index < -0.39 is 10.9 Å². The number of methoxy groups -OCH3 is 1. The molecule has 0 fully saturated rings. The molecule has 0 spiro atoms. The van der Waals surface area contributed by atoms with E-state index in [4.69, 9.17) is 11.6 Å². The van der Waals surface area contributed by atoms with E-state index >= 15 is 0 Å². The van der Waals surface area contributed by atoms with Gasteiger partial charge in [0.2, 0.25) is 0 Å². The number of nitrogens with zero attached hydrogens (tertiary/aromatic N) is 1. The number of nitro groups is 1. The van der Waals surface area contributed by atoms with Crippen molar-refractivity contribution in [3.05, 3.63) is 38.4 Å². The van der Waals surface area contributed by atoms with Crippen molar-refractivity contribution < 1.29 is 14.5 Å². The number of carbonyl (C=O) groups is 1. The molecular formula is C9H8ClNO4. The van der Waals surface area contributed by atoms with Crippen molar-refractivity contribution in [2.45, 2.75) is 6.92 Å². The van der Waals surface area contributed by atoms with Crippen LogP contribution in [0, 0.1) is 17.0 Å². The van der Waals surface area contributed by atoms with Crippen LogP contribution in [0.1, 0.15) is 15.9 Å². The molecule has 0 aliphatic rings. The van der Waals surface area contributed by atoms with Gasteiger partial charge in [-0.1, -0.05) is 11.6 Å². The number of esters is 1. The molecule has 80 valence electrons. The number of carbonyl (C=O) groups excluding carboxylic acids is 1. The molecule has 6 heteroatoms. The quantitative estimate of drug-likeness (QED) is 0.443. The van der Waals surface area contributed by atoms with E-state index in [-0.39, 0.29) is 21.8 Å². The van der Waals surface area contributed by atoms with Crippen molar-refractivity contribution in [1.29, 1.82) is 0 Å². The normalized spacial score (nSPS) is 9.80. The fourth-order valence-corrected chi connectivity index (χ4v) is 1.38. The Balaban J connectivity index is 3.33. The van der Waals surface area contributed by atoms with Crippen LogP contribution in [0.15, 0.2) is 12.1 Å². The summed E-state index contributed by atoms with van der Waals surface area (Å²) < 4.78 is 4.48. The molecule has 15 heavy (non-hydrogen) atoms. The molecule has 0 aromatic heterocycles. The number of ether oxygens (including phenoxy) is 1. The highest BCUT2D eigenvalue weighted by Crippen LogP contribution is 2.29. The predicted octanol–water partition coefficient (Wildman–Crippen LogP) is 2.34. The van der Waals surface area contributed by atoms with Crippen molar-refractivity contribution in [2.24, 2.45) is 0 Å². The van der Waals surface area contributed by atoms with Gasteiger partial charge in [0.1, 0.15) is 0 Å². The Labute approximate surface area is 90.8 Å². The Bertz CT molecular complexity index is 430. The second-order valence-electron chi connectivity index (χ2n) is 2.82. The molecule has 1 aromatic rings. The van der Waals surface area contributed by atoms with Crippen LogP contribution in [0.2, 0.25) is 5.02 Å². The van der Waals surface area contributed by atoms with Gasteiger partial charge in [0.25, 0.3) is 5.69 Å². The second kappa shape index (κ2) is 4.27. The van der Waals surface area contributed by atoms with Crippen molar-refractivity contribution in [3.63, 3.8) is 0 Å². The highest BCUT2D eigenvalue weighted by Gasteiger charge is 2.19. The topological polar surface area (TPSA) is 69.4 Å². The minimum atomic E-state index is -0.613. The largest absolute Gasteiger partial charge is 0.465 e. The molecule has 5 nitrogen and oxygen atoms in total. The average molecular weight is 230 g/mol. The van der Waals surface area contributed by atoms with Gasteiger partial charge in [-0.05, 0) is 13.0 Å². The highest BCUT2D eigenvalue weighted by molar-refractivity contribution is 6.34. The van der Waals surface area contributed by atoms with Gasteiger partial charge in [0, 0.05) is 11.6 Å². The molecule has 0 aliphatic carbocycles. The van der Waals surface area contributed by atoms with Gasteiger partial charge in [-0.15, -0.1) is 0 Å². The van der Waals surface area contributed by atoms with Crippen molar-refractivity contribution >= 4 is 23.3 Å². The van der Waals surface area contributed by atoms with Crippen LogP contribution in [0.3, 0.4) is 0 Å². The number of halogens is 1. The minimum Gasteiger partial charge on any atom is -0.465 e. The van der Waals surface area contributed by atoms with Gasteiger partial charge < -0.3 is 4.74 Å². The molecule has 0 saturated heterocycles. The van der Waals surface area contributed by atoms with Crippen LogP contribution >= 0.6 is 11.6 Å². The van der Waals surface area contributed by atoms with Gasteiger partial charge in [-0.3, -0.25) is 10.1 Å². The lowest BCUT2D eigenvalue weighted by atomic mass is 10.1. The molecule has 0 atom stereocenters. The smallest absolute Gasteiger partial charge is 0.339 e. The van der Waals surface area contributed by atoms with E-state index in [1.54, 1.807) is 0 Å². The van der Waals surface area contributed by atoms with Crippen LogP contribution in [0.5, 0.6) is 0 Å². The number of benzene rings is 1. The fourth-order valence-electron chi connectivity index (χ4n) is 1.14. The summed E-state index contributed by atoms with van der Waals surface area (Å²) in [6, 6.07) is 2.51. The summed E-state index contributed by atoms with van der Waals surface area (Å²) in [6.45, 7) is 1.48. The maximum atomic E-state index is 11.2. The number of hydrogen-bond donors (Lipinski definition) is 0. The number of hydrogen-bond acceptors (Lipinski definition) is 4. The van der Waals surface area contributed by atoms with E-state index in [0.717, 1.165) is 0 Å². The molecule has 1 aromatic carbocycles. The van der Waals surface area contributed by atoms with Gasteiger partial charge in [-0.25, -0.2) is 4.79 Å². The summed E-state index contributed by atoms with van der Waals surface area (Å²) in [4.78, 5) is 21.2. The summed E-state index contributed by atoms with van der Waals surface area (Å²) in [5.41, 5.74) is 0.263. The van der Waals surface area contributed by atoms with Gasteiger partial charge >= 0.3 is 5.97 Å². The Morgan fingerprint density at radius 1 is 1.53 bits per heavy atom. The van der Waals surface area contributed by atoms with Crippen LogP contribution < -0.4 is 0 Å². The first-order valence-corrected chi connectivity index (χ1v) is 4.38. The molecule has 0 radical (unpaired) electrons. The third-order valence-electron chi connectivity index (χ3n) is 1.96. The predicted molar refractivity (Wildman–Crippen MR) is 54.2 cm³/mol. The lowest BCUT2D eigenvalue weighted by molar-refractivity contribution is -0.385. The summed E-state index contributed by atoms with van der Waals surface area (Å²) in [5.74, 6) is -0.613. The molecular weight excluding hydrogens is 222 g/mol. The molecule has 0 N–H and O–H groups in total. The summed E-state index contributed by atoms with van der Waals surface area (Å²) >= 11 is 5.81. The van der Waals surface area contributed by atoms with Gasteiger partial charge in [-0.2, -0.15) is 0 Å². The van der Waals surface area contributed by atoms with E-state index in [1.165, 1.54) is 26.2 Å². The van der Waals surface area contributed by atoms with Crippen molar-refractivity contribution in [3.8, 4) is 0 Å². The first-order chi connectivity index (χ1) is 6.99. The summed E-state index contributed by atoms with van der Waals surface area (Å²) in [5, 5.41) is 10.6. The zero-order valence-corrected chi connectivity index (χ0v) is 8.87. The van der Waals surface area contributed by atoms with E-state index in [0.29, 0.717) is 0 Å². The monoisotopic (exact) mass is 229 g/mol. The van der Waals surface area contributed by atoms with E-state index in [2.05, 4.69) is 4.74 Å². The average Bonchev–Trinajstić information content (AvgIpc) is 2.20. The molecule has 0 aliphatic heterocycles. The standard InChI is InChI=1S/C9H8ClNO4/c1-5-7(11(13)14)4-3-6(8(5)10)9(12)15-2/h3-4H,1-2H3. The van der Waals surface area contributed by atoms with Gasteiger partial charge in [0.05, 0.1) is 22.6 Å². The molecule has 0 bridgehead atoms. The molecule has 0 unspecified atom stereocenters. The van der Waals surface area contributed by atoms with Crippen LogP contribution in [-0.2, 0) is 4.74 Å². The first kappa shape index (κ1) is 11.5. The third-order valence-corrected chi connectivity index (χ3v) is 2.45. The van der Waals surface area contributed by atoms with E-state index in [1.807, 2.05) is 0 Å². The van der Waals surface area contributed by atoms with Gasteiger partial charge in [0.15, 0.2) is 0 Å². The van der Waals surface area contributed by atoms with Crippen LogP contribution in [0.25, 0.3) is 0 Å². The maximum Gasteiger partial charge on any atom is 0.339 e. The zero-order valence-electron chi connectivity index (χ0n) is 8.11. The molecule has 1 rings (SSSR count). The first-order valence-electron chi connectivity index (χ1n) is 4.00. The second-order valence-corrected chi connectivity index (χ2v) is 3.20. The van der Waals surface area contributed by atoms with Crippen molar-refractivity contribution in [2.75, 3.05) is 7.11 Å². The number of rotatable bonds is 2. The Hall–Kier alpha value is -1.62. The molecule has 0 heterocycles. The fraction of sp³-hybridized carbons (Fsp3) is 0.222. The lowest BCUT2D eigenvalue weighted by Crippen LogP contribution is -2.04. The number of nitro benzene ring substituents is 1. The zero-order chi connectivity index (χ0) is 11.6. The van der Waals surface area contributed by atoms with E-state index in [9.17, 15) is 14.9 Å². The SMILES string of the molecule is COC(=O)c1ccc([N+](=O)[O-])c(C)c1Cl. The van der Waals surface area contributed by atoms with Crippen LogP contribution in [-0.4, -0.2) is 18.0 Å².